The standard InChI is InChI=1S/C25H38N3O2.C2H6O2.Y/c1-19(2)23-8-4-21(5-9-23)16-28(24-10-6-20(14-26)7-11-24)13-12-25-29-17-22(15-27-3)18-30-25;1-2-4-3;/h6-7,10-11,19,21-23,25H,4-5,8-9,12-13,15-18H2,1-3H3;3H,2H2,1H3;/q-1;;. The number of nitrogens with zero attached hydrogens (tertiary/aromatic N) is 3. The topological polar surface area (TPSA) is 89.1 Å². The zero-order valence-electron chi connectivity index (χ0n) is 22.1. The Morgan fingerprint density at radius 2 is 1.71 bits per heavy atom. The third-order valence-corrected chi connectivity index (χ3v) is 6.91. The smallest absolute Gasteiger partial charge is 0.159 e. The fraction of sp³-hybridized carbons (Fsp3) is 0.741. The number of benzene rings is 1. The minimum atomic E-state index is -0.129. The van der Waals surface area contributed by atoms with E-state index in [-0.39, 0.29) is 39.0 Å². The first-order chi connectivity index (χ1) is 16.5. The van der Waals surface area contributed by atoms with Crippen LogP contribution in [0.4, 0.5) is 5.69 Å². The molecule has 0 bridgehead atoms. The fourth-order valence-corrected chi connectivity index (χ4v) is 4.80. The summed E-state index contributed by atoms with van der Waals surface area (Å²) in [6.45, 7) is 11.1. The third-order valence-electron chi connectivity index (χ3n) is 6.91. The number of hydrogen-bond acceptors (Lipinski definition) is 6. The summed E-state index contributed by atoms with van der Waals surface area (Å²) >= 11 is 0. The molecule has 0 aromatic heterocycles. The Labute approximate surface area is 237 Å². The third kappa shape index (κ3) is 12.0. The molecule has 1 aliphatic heterocycles. The largest absolute Gasteiger partial charge is 0.665 e. The normalized spacial score (nSPS) is 24.0. The molecule has 1 aliphatic carbocycles. The second-order valence-electron chi connectivity index (χ2n) is 9.80. The molecular weight excluding hydrogens is 519 g/mol. The molecule has 2 aliphatic rings. The first-order valence-corrected chi connectivity index (χ1v) is 12.8. The molecule has 35 heavy (non-hydrogen) atoms. The zero-order valence-corrected chi connectivity index (χ0v) is 24.9. The second-order valence-corrected chi connectivity index (χ2v) is 9.80. The average molecular weight is 564 g/mol. The van der Waals surface area contributed by atoms with Crippen molar-refractivity contribution in [2.75, 3.05) is 51.4 Å². The van der Waals surface area contributed by atoms with Gasteiger partial charge in [-0.3, -0.25) is 5.26 Å². The van der Waals surface area contributed by atoms with Crippen molar-refractivity contribution in [3.8, 4) is 6.07 Å². The SMILES string of the molecule is CCOO.C[N-]CC1COC(CCN(CC2CCC(C(C)C)CC2)c2ccc(C#N)cc2)OC1.[Y]. The van der Waals surface area contributed by atoms with Crippen LogP contribution in [0.1, 0.15) is 58.4 Å². The van der Waals surface area contributed by atoms with Gasteiger partial charge in [0.05, 0.1) is 31.5 Å². The molecule has 1 heterocycles. The van der Waals surface area contributed by atoms with Gasteiger partial charge in [0, 0.05) is 57.9 Å². The molecule has 0 spiro atoms. The van der Waals surface area contributed by atoms with Gasteiger partial charge in [-0.15, -0.1) is 6.54 Å². The molecule has 7 nitrogen and oxygen atoms in total. The summed E-state index contributed by atoms with van der Waals surface area (Å²) in [7, 11) is 1.84. The number of nitriles is 1. The van der Waals surface area contributed by atoms with Gasteiger partial charge >= 0.3 is 0 Å². The second kappa shape index (κ2) is 18.6. The maximum absolute atomic E-state index is 9.13. The summed E-state index contributed by atoms with van der Waals surface area (Å²) < 4.78 is 11.9. The molecule has 2 fully saturated rings. The van der Waals surface area contributed by atoms with Crippen LogP contribution in [0.2, 0.25) is 0 Å². The van der Waals surface area contributed by atoms with Crippen LogP contribution >= 0.6 is 0 Å². The summed E-state index contributed by atoms with van der Waals surface area (Å²) in [6.07, 6.45) is 6.06. The van der Waals surface area contributed by atoms with Gasteiger partial charge in [-0.2, -0.15) is 12.3 Å². The maximum Gasteiger partial charge on any atom is 0.159 e. The first kappa shape index (κ1) is 32.4. The summed E-state index contributed by atoms with van der Waals surface area (Å²) in [6, 6.07) is 10.2. The average Bonchev–Trinajstić information content (AvgIpc) is 2.88. The molecule has 1 saturated carbocycles. The number of ether oxygens (including phenoxy) is 2. The molecule has 195 valence electrons. The van der Waals surface area contributed by atoms with Crippen molar-refractivity contribution >= 4 is 5.69 Å². The van der Waals surface area contributed by atoms with Gasteiger partial charge in [-0.1, -0.05) is 13.8 Å². The Morgan fingerprint density at radius 3 is 2.20 bits per heavy atom. The molecule has 1 radical (unpaired) electrons. The quantitative estimate of drug-likeness (QED) is 0.290. The number of rotatable bonds is 10. The molecule has 1 aromatic carbocycles. The van der Waals surface area contributed by atoms with E-state index in [9.17, 15) is 0 Å². The molecule has 8 heteroatoms. The molecule has 1 N–H and O–H groups in total. The number of hydrogen-bond donors (Lipinski definition) is 1. The van der Waals surface area contributed by atoms with Crippen LogP contribution in [-0.2, 0) is 47.1 Å². The van der Waals surface area contributed by atoms with E-state index in [1.54, 1.807) is 6.92 Å². The monoisotopic (exact) mass is 563 g/mol. The van der Waals surface area contributed by atoms with Gasteiger partial charge < -0.3 is 19.7 Å². The van der Waals surface area contributed by atoms with Gasteiger partial charge in [-0.05, 0) is 80.5 Å². The van der Waals surface area contributed by atoms with E-state index >= 15 is 0 Å². The summed E-state index contributed by atoms with van der Waals surface area (Å²) in [4.78, 5) is 6.02. The van der Waals surface area contributed by atoms with E-state index in [1.165, 1.54) is 31.4 Å². The van der Waals surface area contributed by atoms with E-state index in [1.807, 2.05) is 19.2 Å². The molecular formula is C27H44N3O4Y-. The predicted molar refractivity (Wildman–Crippen MR) is 136 cm³/mol. The van der Waals surface area contributed by atoms with Crippen molar-refractivity contribution < 1.29 is 52.3 Å². The molecule has 0 atom stereocenters. The van der Waals surface area contributed by atoms with E-state index in [4.69, 9.17) is 20.0 Å². The van der Waals surface area contributed by atoms with Gasteiger partial charge in [0.2, 0.25) is 0 Å². The van der Waals surface area contributed by atoms with Crippen molar-refractivity contribution in [1.82, 2.24) is 0 Å². The Morgan fingerprint density at radius 1 is 1.11 bits per heavy atom. The van der Waals surface area contributed by atoms with Gasteiger partial charge in [0.25, 0.3) is 0 Å². The van der Waals surface area contributed by atoms with Gasteiger partial charge in [-0.25, -0.2) is 4.89 Å². The van der Waals surface area contributed by atoms with Crippen LogP contribution in [-0.4, -0.2) is 58.0 Å². The minimum Gasteiger partial charge on any atom is -0.665 e. The predicted octanol–water partition coefficient (Wildman–Crippen LogP) is 5.70. The van der Waals surface area contributed by atoms with Crippen molar-refractivity contribution in [3.63, 3.8) is 0 Å². The van der Waals surface area contributed by atoms with Crippen molar-refractivity contribution in [1.29, 1.82) is 5.26 Å². The fourth-order valence-electron chi connectivity index (χ4n) is 4.80. The molecule has 1 saturated heterocycles. The molecule has 3 rings (SSSR count). The van der Waals surface area contributed by atoms with Crippen LogP contribution in [0.5, 0.6) is 0 Å². The summed E-state index contributed by atoms with van der Waals surface area (Å²) in [5.41, 5.74) is 1.90. The van der Waals surface area contributed by atoms with Crippen LogP contribution < -0.4 is 4.90 Å². The number of anilines is 1. The van der Waals surface area contributed by atoms with Crippen LogP contribution in [0, 0.1) is 35.0 Å². The van der Waals surface area contributed by atoms with Crippen molar-refractivity contribution in [2.45, 2.75) is 59.2 Å². The Kier molecular flexibility index (Phi) is 17.3. The van der Waals surface area contributed by atoms with Crippen LogP contribution in [0.15, 0.2) is 24.3 Å². The first-order valence-electron chi connectivity index (χ1n) is 12.8. The van der Waals surface area contributed by atoms with Gasteiger partial charge in [0.1, 0.15) is 0 Å². The van der Waals surface area contributed by atoms with E-state index in [0.29, 0.717) is 18.1 Å². The Hall–Kier alpha value is -0.586. The summed E-state index contributed by atoms with van der Waals surface area (Å²) in [5.74, 6) is 2.80. The van der Waals surface area contributed by atoms with E-state index in [0.717, 1.165) is 57.0 Å². The Balaban J connectivity index is 0.00000114. The summed E-state index contributed by atoms with van der Waals surface area (Å²) in [5, 5.41) is 20.7. The zero-order chi connectivity index (χ0) is 24.8. The van der Waals surface area contributed by atoms with Crippen LogP contribution in [0.25, 0.3) is 5.32 Å². The van der Waals surface area contributed by atoms with E-state index < -0.39 is 0 Å². The van der Waals surface area contributed by atoms with Crippen molar-refractivity contribution in [2.24, 2.45) is 23.7 Å². The minimum absolute atomic E-state index is 0. The molecule has 1 aromatic rings. The molecule has 0 amide bonds. The maximum atomic E-state index is 9.13. The Bertz CT molecular complexity index is 695. The van der Waals surface area contributed by atoms with Crippen molar-refractivity contribution in [3.05, 3.63) is 35.1 Å². The van der Waals surface area contributed by atoms with E-state index in [2.05, 4.69) is 47.2 Å². The van der Waals surface area contributed by atoms with Gasteiger partial charge in [0.15, 0.2) is 6.29 Å². The molecule has 0 unspecified atom stereocenters. The van der Waals surface area contributed by atoms with Crippen LogP contribution in [0.3, 0.4) is 0 Å².